The highest BCUT2D eigenvalue weighted by Crippen LogP contribution is 2.64. The lowest BCUT2D eigenvalue weighted by Crippen LogP contribution is -2.52. The summed E-state index contributed by atoms with van der Waals surface area (Å²) in [6.45, 7) is 2.23. The highest BCUT2D eigenvalue weighted by molar-refractivity contribution is 5.91. The molecule has 1 N–H and O–H groups in total. The van der Waals surface area contributed by atoms with Crippen LogP contribution in [0.2, 0.25) is 0 Å². The molecule has 2 nitrogen and oxygen atoms in total. The van der Waals surface area contributed by atoms with Gasteiger partial charge in [0.25, 0.3) is 0 Å². The fourth-order valence-corrected chi connectivity index (χ4v) is 6.43. The van der Waals surface area contributed by atoms with Crippen molar-refractivity contribution in [3.8, 4) is 12.3 Å². The van der Waals surface area contributed by atoms with Gasteiger partial charge in [-0.25, -0.2) is 0 Å². The maximum atomic E-state index is 11.7. The van der Waals surface area contributed by atoms with Gasteiger partial charge in [0.1, 0.15) is 5.60 Å². The molecule has 2 heteroatoms. The third-order valence-electron chi connectivity index (χ3n) is 7.69. The van der Waals surface area contributed by atoms with E-state index in [1.165, 1.54) is 12.0 Å². The van der Waals surface area contributed by atoms with Crippen molar-refractivity contribution in [1.29, 1.82) is 0 Å². The minimum Gasteiger partial charge on any atom is -0.377 e. The summed E-state index contributed by atoms with van der Waals surface area (Å²) < 4.78 is 0. The molecule has 118 valence electrons. The minimum atomic E-state index is -0.902. The van der Waals surface area contributed by atoms with Gasteiger partial charge in [0.15, 0.2) is 5.78 Å². The molecule has 0 aromatic heterocycles. The number of carbonyl (C=O) groups excluding carboxylic acids is 1. The maximum absolute atomic E-state index is 11.7. The second-order valence-corrected chi connectivity index (χ2v) is 8.30. The van der Waals surface area contributed by atoms with Crippen LogP contribution in [0.1, 0.15) is 58.3 Å². The summed E-state index contributed by atoms with van der Waals surface area (Å²) in [6, 6.07) is 0. The van der Waals surface area contributed by atoms with E-state index >= 15 is 0 Å². The second-order valence-electron chi connectivity index (χ2n) is 8.30. The van der Waals surface area contributed by atoms with E-state index < -0.39 is 5.60 Å². The van der Waals surface area contributed by atoms with E-state index in [1.807, 2.05) is 6.08 Å². The number of rotatable bonds is 0. The highest BCUT2D eigenvalue weighted by atomic mass is 16.3. The Kier molecular flexibility index (Phi) is 3.11. The third kappa shape index (κ3) is 1.75. The van der Waals surface area contributed by atoms with Crippen LogP contribution in [0.15, 0.2) is 11.6 Å². The first-order valence-corrected chi connectivity index (χ1v) is 8.92. The minimum absolute atomic E-state index is 0.103. The van der Waals surface area contributed by atoms with Crippen LogP contribution in [0.4, 0.5) is 0 Å². The van der Waals surface area contributed by atoms with Gasteiger partial charge in [-0.1, -0.05) is 18.4 Å². The van der Waals surface area contributed by atoms with Crippen molar-refractivity contribution < 1.29 is 9.90 Å². The summed E-state index contributed by atoms with van der Waals surface area (Å²) in [5.41, 5.74) is 0.418. The van der Waals surface area contributed by atoms with Gasteiger partial charge in [-0.3, -0.25) is 4.79 Å². The first-order valence-electron chi connectivity index (χ1n) is 8.92. The molecule has 0 aliphatic heterocycles. The Hall–Kier alpha value is -1.07. The van der Waals surface area contributed by atoms with Crippen molar-refractivity contribution in [1.82, 2.24) is 0 Å². The summed E-state index contributed by atoms with van der Waals surface area (Å²) in [6.07, 6.45) is 15.7. The quantitative estimate of drug-likeness (QED) is 0.549. The van der Waals surface area contributed by atoms with Crippen molar-refractivity contribution in [2.75, 3.05) is 0 Å². The zero-order valence-electron chi connectivity index (χ0n) is 13.5. The molecule has 0 spiro atoms. The van der Waals surface area contributed by atoms with Crippen LogP contribution in [-0.2, 0) is 4.79 Å². The molecule has 0 bridgehead atoms. The lowest BCUT2D eigenvalue weighted by molar-refractivity contribution is -0.116. The fourth-order valence-electron chi connectivity index (χ4n) is 6.43. The average Bonchev–Trinajstić information content (AvgIpc) is 2.79. The van der Waals surface area contributed by atoms with Gasteiger partial charge in [-0.2, -0.15) is 0 Å². The number of ketones is 1. The summed E-state index contributed by atoms with van der Waals surface area (Å²) in [5.74, 6) is 5.66. The molecule has 3 fully saturated rings. The second kappa shape index (κ2) is 4.71. The van der Waals surface area contributed by atoms with Gasteiger partial charge < -0.3 is 5.11 Å². The van der Waals surface area contributed by atoms with Crippen molar-refractivity contribution >= 4 is 5.78 Å². The van der Waals surface area contributed by atoms with Crippen LogP contribution in [0.5, 0.6) is 0 Å². The number of aliphatic hydroxyl groups is 1. The molecule has 4 aliphatic rings. The maximum Gasteiger partial charge on any atom is 0.155 e. The van der Waals surface area contributed by atoms with E-state index in [2.05, 4.69) is 12.8 Å². The monoisotopic (exact) mass is 300 g/mol. The van der Waals surface area contributed by atoms with Gasteiger partial charge in [0.05, 0.1) is 0 Å². The molecule has 0 heterocycles. The molecule has 0 aromatic carbocycles. The first kappa shape index (κ1) is 14.5. The number of allylic oxidation sites excluding steroid dienone is 1. The Labute approximate surface area is 133 Å². The number of hydrogen-bond donors (Lipinski definition) is 1. The van der Waals surface area contributed by atoms with E-state index in [-0.39, 0.29) is 5.41 Å². The van der Waals surface area contributed by atoms with Gasteiger partial charge in [-0.05, 0) is 74.7 Å². The SMILES string of the molecule is C#C[C@]1(O)CC[C@H]2[C@@H]3CCC4=C[13C](=O)[13CH2]C[C@@H]4[C@H]3CC[C@@]21C. The van der Waals surface area contributed by atoms with E-state index in [0.717, 1.165) is 44.9 Å². The Balaban J connectivity index is 1.65. The molecule has 0 saturated heterocycles. The summed E-state index contributed by atoms with van der Waals surface area (Å²) in [5, 5.41) is 10.9. The number of fused-ring (bicyclic) bond motifs is 5. The summed E-state index contributed by atoms with van der Waals surface area (Å²) in [7, 11) is 0. The lowest BCUT2D eigenvalue weighted by Gasteiger charge is -2.54. The standard InChI is InChI=1S/C20H26O2/c1-3-20(22)11-9-18-17-6-4-13-12-14(21)5-7-15(13)16(17)8-10-19(18,20)2/h1,12,15-18,22H,4-11H2,2H3/t15-,16+,17+,18-,19-,20-/m0/s1/i5+1,14+1. The van der Waals surface area contributed by atoms with E-state index in [9.17, 15) is 9.90 Å². The predicted molar refractivity (Wildman–Crippen MR) is 85.9 cm³/mol. The van der Waals surface area contributed by atoms with Gasteiger partial charge in [0.2, 0.25) is 0 Å². The highest BCUT2D eigenvalue weighted by Gasteiger charge is 2.61. The Morgan fingerprint density at radius 3 is 2.77 bits per heavy atom. The Bertz CT molecular complexity index is 583. The molecular formula is C20H26O2. The largest absolute Gasteiger partial charge is 0.377 e. The lowest BCUT2D eigenvalue weighted by atomic mass is 9.51. The molecule has 0 aromatic rings. The van der Waals surface area contributed by atoms with E-state index in [4.69, 9.17) is 6.42 Å². The van der Waals surface area contributed by atoms with E-state index in [0.29, 0.717) is 29.5 Å². The van der Waals surface area contributed by atoms with Gasteiger partial charge >= 0.3 is 0 Å². The summed E-state index contributed by atoms with van der Waals surface area (Å²) >= 11 is 0. The molecule has 3 saturated carbocycles. The molecule has 0 unspecified atom stereocenters. The van der Waals surface area contributed by atoms with Crippen LogP contribution in [-0.4, -0.2) is 16.5 Å². The summed E-state index contributed by atoms with van der Waals surface area (Å²) in [4.78, 5) is 11.7. The van der Waals surface area contributed by atoms with E-state index in [1.54, 1.807) is 0 Å². The van der Waals surface area contributed by atoms with Crippen molar-refractivity contribution in [3.05, 3.63) is 11.6 Å². The van der Waals surface area contributed by atoms with Gasteiger partial charge in [-0.15, -0.1) is 6.42 Å². The topological polar surface area (TPSA) is 37.3 Å². The van der Waals surface area contributed by atoms with Crippen LogP contribution in [0.3, 0.4) is 0 Å². The molecular weight excluding hydrogens is 274 g/mol. The van der Waals surface area contributed by atoms with Crippen LogP contribution in [0.25, 0.3) is 0 Å². The predicted octanol–water partition coefficient (Wildman–Crippen LogP) is 3.49. The molecule has 4 aliphatic carbocycles. The normalized spacial score (nSPS) is 50.4. The van der Waals surface area contributed by atoms with Crippen molar-refractivity contribution in [2.45, 2.75) is 63.9 Å². The number of hydrogen-bond acceptors (Lipinski definition) is 2. The third-order valence-corrected chi connectivity index (χ3v) is 7.69. The first-order chi connectivity index (χ1) is 10.5. The van der Waals surface area contributed by atoms with Crippen molar-refractivity contribution in [3.63, 3.8) is 0 Å². The molecule has 22 heavy (non-hydrogen) atoms. The van der Waals surface area contributed by atoms with Crippen LogP contribution < -0.4 is 0 Å². The molecule has 0 radical (unpaired) electrons. The van der Waals surface area contributed by atoms with Crippen molar-refractivity contribution in [2.24, 2.45) is 29.1 Å². The number of carbonyl (C=O) groups is 1. The number of terminal acetylenes is 1. The molecule has 6 atom stereocenters. The fraction of sp³-hybridized carbons (Fsp3) is 0.750. The molecule has 0 amide bonds. The smallest absolute Gasteiger partial charge is 0.155 e. The Morgan fingerprint density at radius 1 is 1.18 bits per heavy atom. The molecule has 4 rings (SSSR count). The van der Waals surface area contributed by atoms with Crippen LogP contribution >= 0.6 is 0 Å². The van der Waals surface area contributed by atoms with Crippen LogP contribution in [0, 0.1) is 41.4 Å². The van der Waals surface area contributed by atoms with Gasteiger partial charge in [0, 0.05) is 11.8 Å². The Morgan fingerprint density at radius 2 is 2.00 bits per heavy atom. The zero-order valence-corrected chi connectivity index (χ0v) is 13.5. The average molecular weight is 300 g/mol. The zero-order chi connectivity index (χ0) is 15.5.